The second-order valence-electron chi connectivity index (χ2n) is 2.90. The molecule has 0 heterocycles. The number of hydrogen-bond donors (Lipinski definition) is 1. The van der Waals surface area contributed by atoms with E-state index in [1.165, 1.54) is 24.3 Å². The molecule has 0 atom stereocenters. The van der Waals surface area contributed by atoms with Crippen LogP contribution >= 0.6 is 0 Å². The molecule has 0 spiro atoms. The van der Waals surface area contributed by atoms with Crippen LogP contribution in [0.1, 0.15) is 0 Å². The Bertz CT molecular complexity index is 423. The van der Waals surface area contributed by atoms with Gasteiger partial charge >= 0.3 is 5.97 Å². The van der Waals surface area contributed by atoms with E-state index in [-0.39, 0.29) is 17.0 Å². The summed E-state index contributed by atoms with van der Waals surface area (Å²) in [4.78, 5) is 20.9. The van der Waals surface area contributed by atoms with Crippen LogP contribution in [-0.2, 0) is 4.79 Å². The maximum Gasteiger partial charge on any atom is 0.341 e. The van der Waals surface area contributed by atoms with Crippen molar-refractivity contribution in [2.75, 3.05) is 6.61 Å². The molecule has 1 N–H and O–H groups in total. The summed E-state index contributed by atoms with van der Waals surface area (Å²) in [7, 11) is 0. The lowest BCUT2D eigenvalue weighted by Crippen LogP contribution is -2.12. The minimum atomic E-state index is -0.767. The van der Waals surface area contributed by atoms with E-state index in [9.17, 15) is 14.9 Å². The third-order valence-electron chi connectivity index (χ3n) is 1.74. The maximum absolute atomic E-state index is 11.1. The summed E-state index contributed by atoms with van der Waals surface area (Å²) in [5, 5.41) is 19.0. The molecular formula is C10H9NO5. The summed E-state index contributed by atoms with van der Waals surface area (Å²) in [6.45, 7) is 2.79. The Labute approximate surface area is 90.9 Å². The van der Waals surface area contributed by atoms with E-state index >= 15 is 0 Å². The molecule has 0 amide bonds. The summed E-state index contributed by atoms with van der Waals surface area (Å²) < 4.78 is 4.78. The van der Waals surface area contributed by atoms with Gasteiger partial charge in [-0.25, -0.2) is 4.79 Å². The van der Waals surface area contributed by atoms with Crippen molar-refractivity contribution >= 4 is 11.7 Å². The number of nitro benzene ring substituents is 1. The first kappa shape index (κ1) is 11.9. The molecule has 0 saturated heterocycles. The minimum Gasteiger partial charge on any atom is -0.423 e. The molecule has 0 aliphatic rings. The van der Waals surface area contributed by atoms with Crippen LogP contribution in [0, 0.1) is 10.1 Å². The number of benzene rings is 1. The van der Waals surface area contributed by atoms with E-state index in [0.29, 0.717) is 0 Å². The largest absolute Gasteiger partial charge is 0.423 e. The molecule has 6 nitrogen and oxygen atoms in total. The number of nitrogens with zero attached hydrogens (tertiary/aromatic N) is 1. The van der Waals surface area contributed by atoms with Crippen LogP contribution in [0.2, 0.25) is 0 Å². The molecule has 0 aliphatic carbocycles. The van der Waals surface area contributed by atoms with Gasteiger partial charge in [-0.1, -0.05) is 6.58 Å². The van der Waals surface area contributed by atoms with Crippen molar-refractivity contribution in [1.29, 1.82) is 0 Å². The third kappa shape index (κ3) is 2.89. The van der Waals surface area contributed by atoms with Gasteiger partial charge in [-0.3, -0.25) is 10.1 Å². The predicted molar refractivity (Wildman–Crippen MR) is 55.0 cm³/mol. The number of esters is 1. The van der Waals surface area contributed by atoms with E-state index in [2.05, 4.69) is 6.58 Å². The number of hydrogen-bond acceptors (Lipinski definition) is 5. The topological polar surface area (TPSA) is 89.7 Å². The Morgan fingerprint density at radius 1 is 1.44 bits per heavy atom. The highest BCUT2D eigenvalue weighted by Gasteiger charge is 2.10. The first-order valence-electron chi connectivity index (χ1n) is 4.30. The SMILES string of the molecule is C=C(CO)C(=O)Oc1ccc([N+](=O)[O-])cc1. The molecule has 0 bridgehead atoms. The van der Waals surface area contributed by atoms with E-state index in [1.807, 2.05) is 0 Å². The lowest BCUT2D eigenvalue weighted by atomic mass is 10.3. The van der Waals surface area contributed by atoms with E-state index in [4.69, 9.17) is 9.84 Å². The monoisotopic (exact) mass is 223 g/mol. The van der Waals surface area contributed by atoms with E-state index in [1.54, 1.807) is 0 Å². The summed E-state index contributed by atoms with van der Waals surface area (Å²) in [5.41, 5.74) is -0.181. The van der Waals surface area contributed by atoms with E-state index < -0.39 is 17.5 Å². The lowest BCUT2D eigenvalue weighted by molar-refractivity contribution is -0.384. The second kappa shape index (κ2) is 5.04. The first-order valence-corrected chi connectivity index (χ1v) is 4.30. The molecule has 1 aromatic rings. The molecule has 1 rings (SSSR count). The van der Waals surface area contributed by atoms with Crippen LogP contribution < -0.4 is 4.74 Å². The van der Waals surface area contributed by atoms with Crippen molar-refractivity contribution in [3.8, 4) is 5.75 Å². The molecule has 0 saturated carbocycles. The van der Waals surface area contributed by atoms with Crippen molar-refractivity contribution in [3.63, 3.8) is 0 Å². The number of nitro groups is 1. The Kier molecular flexibility index (Phi) is 3.73. The summed E-state index contributed by atoms with van der Waals surface area (Å²) >= 11 is 0. The minimum absolute atomic E-state index is 0.0849. The summed E-state index contributed by atoms with van der Waals surface area (Å²) in [5.74, 6) is -0.610. The van der Waals surface area contributed by atoms with Gasteiger partial charge < -0.3 is 9.84 Å². The van der Waals surface area contributed by atoms with Crippen molar-refractivity contribution in [1.82, 2.24) is 0 Å². The van der Waals surface area contributed by atoms with Crippen LogP contribution in [0.3, 0.4) is 0 Å². The van der Waals surface area contributed by atoms with Gasteiger partial charge in [0.15, 0.2) is 0 Å². The Morgan fingerprint density at radius 3 is 2.44 bits per heavy atom. The number of rotatable bonds is 4. The molecule has 1 aromatic carbocycles. The van der Waals surface area contributed by atoms with E-state index in [0.717, 1.165) is 0 Å². The molecule has 0 aromatic heterocycles. The van der Waals surface area contributed by atoms with Gasteiger partial charge in [-0.05, 0) is 12.1 Å². The zero-order valence-corrected chi connectivity index (χ0v) is 8.25. The van der Waals surface area contributed by atoms with Gasteiger partial charge in [0.2, 0.25) is 0 Å². The summed E-state index contributed by atoms with van der Waals surface area (Å²) in [6, 6.07) is 5.01. The average molecular weight is 223 g/mol. The van der Waals surface area contributed by atoms with Gasteiger partial charge in [0.1, 0.15) is 5.75 Å². The van der Waals surface area contributed by atoms with Gasteiger partial charge in [0, 0.05) is 12.1 Å². The number of ether oxygens (including phenoxy) is 1. The van der Waals surface area contributed by atoms with Crippen LogP contribution in [0.15, 0.2) is 36.4 Å². The molecule has 0 unspecified atom stereocenters. The average Bonchev–Trinajstić information content (AvgIpc) is 2.28. The Balaban J connectivity index is 2.72. The van der Waals surface area contributed by atoms with Crippen molar-refractivity contribution < 1.29 is 19.6 Å². The van der Waals surface area contributed by atoms with Crippen molar-refractivity contribution in [2.45, 2.75) is 0 Å². The van der Waals surface area contributed by atoms with Crippen LogP contribution in [-0.4, -0.2) is 22.6 Å². The highest BCUT2D eigenvalue weighted by atomic mass is 16.6. The van der Waals surface area contributed by atoms with Crippen LogP contribution in [0.5, 0.6) is 5.75 Å². The van der Waals surface area contributed by atoms with Crippen molar-refractivity contribution in [2.24, 2.45) is 0 Å². The normalized spacial score (nSPS) is 9.56. The molecule has 0 radical (unpaired) electrons. The highest BCUT2D eigenvalue weighted by Crippen LogP contribution is 2.17. The number of aliphatic hydroxyl groups is 1. The Hall–Kier alpha value is -2.21. The van der Waals surface area contributed by atoms with Crippen molar-refractivity contribution in [3.05, 3.63) is 46.5 Å². The molecule has 0 fully saturated rings. The fraction of sp³-hybridized carbons (Fsp3) is 0.100. The molecular weight excluding hydrogens is 214 g/mol. The Morgan fingerprint density at radius 2 is 2.00 bits per heavy atom. The third-order valence-corrected chi connectivity index (χ3v) is 1.74. The number of carbonyl (C=O) groups is 1. The number of aliphatic hydroxyl groups excluding tert-OH is 1. The van der Waals surface area contributed by atoms with Crippen LogP contribution in [0.4, 0.5) is 5.69 Å². The lowest BCUT2D eigenvalue weighted by Gasteiger charge is -2.03. The maximum atomic E-state index is 11.1. The quantitative estimate of drug-likeness (QED) is 0.271. The number of non-ortho nitro benzene ring substituents is 1. The van der Waals surface area contributed by atoms with Gasteiger partial charge in [-0.2, -0.15) is 0 Å². The van der Waals surface area contributed by atoms with Gasteiger partial charge in [-0.15, -0.1) is 0 Å². The number of carbonyl (C=O) groups excluding carboxylic acids is 1. The fourth-order valence-corrected chi connectivity index (χ4v) is 0.880. The fourth-order valence-electron chi connectivity index (χ4n) is 0.880. The highest BCUT2D eigenvalue weighted by molar-refractivity contribution is 5.89. The van der Waals surface area contributed by atoms with Gasteiger partial charge in [0.05, 0.1) is 17.1 Å². The molecule has 84 valence electrons. The molecule has 6 heteroatoms. The summed E-state index contributed by atoms with van der Waals surface area (Å²) in [6.07, 6.45) is 0. The predicted octanol–water partition coefficient (Wildman–Crippen LogP) is 1.05. The zero-order valence-electron chi connectivity index (χ0n) is 8.25. The molecule has 16 heavy (non-hydrogen) atoms. The zero-order chi connectivity index (χ0) is 12.1. The van der Waals surface area contributed by atoms with Crippen LogP contribution in [0.25, 0.3) is 0 Å². The second-order valence-corrected chi connectivity index (χ2v) is 2.90. The first-order chi connectivity index (χ1) is 7.54. The van der Waals surface area contributed by atoms with Gasteiger partial charge in [0.25, 0.3) is 5.69 Å². The standard InChI is InChI=1S/C10H9NO5/c1-7(6-12)10(13)16-9-4-2-8(3-5-9)11(14)15/h2-5,12H,1,6H2. The molecule has 0 aliphatic heterocycles. The smallest absolute Gasteiger partial charge is 0.341 e.